The lowest BCUT2D eigenvalue weighted by Crippen LogP contribution is -2.48. The van der Waals surface area contributed by atoms with Crippen LogP contribution in [0.1, 0.15) is 31.2 Å². The van der Waals surface area contributed by atoms with Gasteiger partial charge >= 0.3 is 0 Å². The van der Waals surface area contributed by atoms with Crippen molar-refractivity contribution in [3.8, 4) is 22.7 Å². The molecule has 1 saturated carbocycles. The van der Waals surface area contributed by atoms with E-state index in [4.69, 9.17) is 21.9 Å². The largest absolute Gasteiger partial charge is 0.386 e. The Hall–Kier alpha value is -2.85. The third kappa shape index (κ3) is 4.24. The van der Waals surface area contributed by atoms with E-state index in [-0.39, 0.29) is 16.5 Å². The molecule has 4 rings (SSSR count). The van der Waals surface area contributed by atoms with Crippen molar-refractivity contribution in [2.24, 2.45) is 15.1 Å². The van der Waals surface area contributed by atoms with E-state index in [2.05, 4.69) is 24.5 Å². The van der Waals surface area contributed by atoms with E-state index >= 15 is 0 Å². The van der Waals surface area contributed by atoms with Gasteiger partial charge in [0.1, 0.15) is 32.9 Å². The number of benzene rings is 1. The molecule has 0 bridgehead atoms. The van der Waals surface area contributed by atoms with Gasteiger partial charge in [-0.1, -0.05) is 29.6 Å². The van der Waals surface area contributed by atoms with E-state index < -0.39 is 20.3 Å². The summed E-state index contributed by atoms with van der Waals surface area (Å²) >= 11 is 5.78. The first-order chi connectivity index (χ1) is 15.8. The lowest BCUT2D eigenvalue weighted by atomic mass is 10.1. The molecule has 1 aliphatic rings. The Morgan fingerprint density at radius 3 is 2.61 bits per heavy atom. The zero-order valence-electron chi connectivity index (χ0n) is 18.3. The maximum Gasteiger partial charge on any atom is 0.167 e. The minimum absolute atomic E-state index is 0.0803. The number of hydrogen-bond donors (Lipinski definition) is 1. The number of hydrogen-bond acceptors (Lipinski definition) is 7. The highest BCUT2D eigenvalue weighted by Crippen LogP contribution is 2.41. The van der Waals surface area contributed by atoms with Crippen LogP contribution in [0.5, 0.6) is 0 Å². The molecule has 1 fully saturated rings. The Kier molecular flexibility index (Phi) is 6.49. The van der Waals surface area contributed by atoms with E-state index in [0.717, 1.165) is 12.8 Å². The Balaban J connectivity index is 1.70. The third-order valence-electron chi connectivity index (χ3n) is 6.10. The summed E-state index contributed by atoms with van der Waals surface area (Å²) in [5.74, 6) is 0.172. The molecule has 2 N–H and O–H groups in total. The first-order valence-corrected chi connectivity index (χ1v) is 12.5. The molecule has 1 aliphatic carbocycles. The number of aromatic nitrogens is 3. The highest BCUT2D eigenvalue weighted by molar-refractivity contribution is 7.95. The predicted molar refractivity (Wildman–Crippen MR) is 127 cm³/mol. The van der Waals surface area contributed by atoms with Crippen molar-refractivity contribution in [2.45, 2.75) is 36.2 Å². The van der Waals surface area contributed by atoms with E-state index in [1.807, 2.05) is 0 Å². The molecule has 3 aromatic rings. The fraction of sp³-hybridized carbons (Fsp3) is 0.364. The van der Waals surface area contributed by atoms with Crippen LogP contribution < -0.4 is 5.73 Å². The maximum atomic E-state index is 14.8. The molecule has 0 spiro atoms. The SMILES string of the molecule is CN=C(N)C1(S(=O)(Cc2cc(-c3cc(-c4cnc(Cl)cn4)no3)ccc2F)=NC)CCCC1. The van der Waals surface area contributed by atoms with Crippen LogP contribution in [0.3, 0.4) is 0 Å². The zero-order valence-corrected chi connectivity index (χ0v) is 19.9. The average Bonchev–Trinajstić information content (AvgIpc) is 3.52. The molecule has 0 aliphatic heterocycles. The summed E-state index contributed by atoms with van der Waals surface area (Å²) in [4.78, 5) is 12.3. The maximum absolute atomic E-state index is 14.8. The monoisotopic (exact) mass is 490 g/mol. The molecule has 2 heterocycles. The Labute approximate surface area is 196 Å². The van der Waals surface area contributed by atoms with Crippen LogP contribution in [0.15, 0.2) is 50.5 Å². The lowest BCUT2D eigenvalue weighted by Gasteiger charge is -2.32. The summed E-state index contributed by atoms with van der Waals surface area (Å²) in [7, 11) is 0.142. The van der Waals surface area contributed by atoms with Crippen LogP contribution in [0.4, 0.5) is 4.39 Å². The first kappa shape index (κ1) is 23.3. The van der Waals surface area contributed by atoms with Crippen LogP contribution in [0.25, 0.3) is 22.7 Å². The van der Waals surface area contributed by atoms with Crippen LogP contribution in [0.2, 0.25) is 5.15 Å². The second-order valence-electron chi connectivity index (χ2n) is 7.88. The van der Waals surface area contributed by atoms with Crippen molar-refractivity contribution < 1.29 is 13.1 Å². The van der Waals surface area contributed by atoms with E-state index in [9.17, 15) is 8.60 Å². The molecular weight excluding hydrogens is 467 g/mol. The van der Waals surface area contributed by atoms with Crippen LogP contribution in [0, 0.1) is 5.82 Å². The highest BCUT2D eigenvalue weighted by Gasteiger charge is 2.47. The van der Waals surface area contributed by atoms with Gasteiger partial charge in [-0.15, -0.1) is 0 Å². The van der Waals surface area contributed by atoms with Crippen molar-refractivity contribution >= 4 is 27.2 Å². The summed E-state index contributed by atoms with van der Waals surface area (Å²) in [5.41, 5.74) is 8.03. The minimum Gasteiger partial charge on any atom is -0.386 e. The molecule has 0 amide bonds. The number of amidine groups is 1. The molecule has 1 atom stereocenters. The van der Waals surface area contributed by atoms with Gasteiger partial charge in [-0.05, 0) is 31.0 Å². The summed E-state index contributed by atoms with van der Waals surface area (Å²) in [6.07, 6.45) is 5.87. The molecule has 1 unspecified atom stereocenters. The van der Waals surface area contributed by atoms with Gasteiger partial charge in [0, 0.05) is 31.3 Å². The molecule has 8 nitrogen and oxygen atoms in total. The number of nitrogens with zero attached hydrogens (tertiary/aromatic N) is 5. The van der Waals surface area contributed by atoms with Crippen molar-refractivity contribution in [3.05, 3.63) is 53.2 Å². The quantitative estimate of drug-likeness (QED) is 0.401. The van der Waals surface area contributed by atoms with Crippen molar-refractivity contribution in [1.82, 2.24) is 15.1 Å². The van der Waals surface area contributed by atoms with E-state index in [0.29, 0.717) is 41.4 Å². The van der Waals surface area contributed by atoms with Gasteiger partial charge in [0.25, 0.3) is 0 Å². The molecule has 2 aromatic heterocycles. The Morgan fingerprint density at radius 1 is 1.21 bits per heavy atom. The summed E-state index contributed by atoms with van der Waals surface area (Å²) in [5, 5.41) is 4.29. The fourth-order valence-corrected chi connectivity index (χ4v) is 7.13. The van der Waals surface area contributed by atoms with Crippen molar-refractivity contribution in [3.63, 3.8) is 0 Å². The second kappa shape index (κ2) is 9.18. The normalized spacial score (nSPS) is 17.6. The highest BCUT2D eigenvalue weighted by atomic mass is 35.5. The van der Waals surface area contributed by atoms with Crippen LogP contribution in [-0.4, -0.2) is 44.0 Å². The number of rotatable bonds is 6. The van der Waals surface area contributed by atoms with E-state index in [1.165, 1.54) is 25.5 Å². The molecular formula is C22H24ClFN6O2S. The van der Waals surface area contributed by atoms with Gasteiger partial charge in [-0.3, -0.25) is 4.99 Å². The van der Waals surface area contributed by atoms with Gasteiger partial charge in [-0.2, -0.15) is 0 Å². The lowest BCUT2D eigenvalue weighted by molar-refractivity contribution is 0.434. The average molecular weight is 491 g/mol. The van der Waals surface area contributed by atoms with Crippen LogP contribution >= 0.6 is 11.6 Å². The summed E-state index contributed by atoms with van der Waals surface area (Å²) in [6, 6.07) is 6.19. The Bertz CT molecular complexity index is 1310. The molecule has 1 aromatic carbocycles. The first-order valence-electron chi connectivity index (χ1n) is 10.4. The standard InChI is InChI=1S/C22H24ClFN6O2S/c1-26-21(25)22(7-3-4-8-22)33(31,27-2)13-15-9-14(5-6-16(15)24)19-10-17(30-32-19)18-11-29-20(23)12-28-18/h5-6,9-12H,3-4,7-8,13H2,1-2H3,(H2,25,26). The van der Waals surface area contributed by atoms with Gasteiger partial charge in [0.2, 0.25) is 0 Å². The number of aliphatic imine (C=N–C) groups is 1. The molecule has 0 radical (unpaired) electrons. The number of halogens is 2. The Morgan fingerprint density at radius 2 is 1.97 bits per heavy atom. The molecule has 174 valence electrons. The van der Waals surface area contributed by atoms with Gasteiger partial charge in [-0.25, -0.2) is 22.9 Å². The van der Waals surface area contributed by atoms with Crippen molar-refractivity contribution in [2.75, 3.05) is 14.1 Å². The molecule has 11 heteroatoms. The zero-order chi connectivity index (χ0) is 23.6. The van der Waals surface area contributed by atoms with Gasteiger partial charge in [0.15, 0.2) is 5.76 Å². The smallest absolute Gasteiger partial charge is 0.167 e. The van der Waals surface area contributed by atoms with Gasteiger partial charge in [0.05, 0.1) is 27.9 Å². The summed E-state index contributed by atoms with van der Waals surface area (Å²) in [6.45, 7) is 0. The predicted octanol–water partition coefficient (Wildman–Crippen LogP) is 4.49. The number of nitrogens with two attached hydrogens (primary N) is 1. The van der Waals surface area contributed by atoms with E-state index in [1.54, 1.807) is 25.2 Å². The second-order valence-corrected chi connectivity index (χ2v) is 11.0. The topological polar surface area (TPSA) is 120 Å². The van der Waals surface area contributed by atoms with Gasteiger partial charge < -0.3 is 10.3 Å². The third-order valence-corrected chi connectivity index (χ3v) is 9.42. The molecule has 0 saturated heterocycles. The summed E-state index contributed by atoms with van der Waals surface area (Å²) < 4.78 is 37.8. The minimum atomic E-state index is -2.94. The molecule has 33 heavy (non-hydrogen) atoms. The van der Waals surface area contributed by atoms with Crippen LogP contribution in [-0.2, 0) is 15.5 Å². The fourth-order valence-electron chi connectivity index (χ4n) is 4.29. The van der Waals surface area contributed by atoms with Crippen molar-refractivity contribution in [1.29, 1.82) is 0 Å².